The number of nitro groups is 1. The number of fused-ring (bicyclic) bond motifs is 1. The van der Waals surface area contributed by atoms with Crippen LogP contribution in [0, 0.1) is 10.1 Å². The summed E-state index contributed by atoms with van der Waals surface area (Å²) in [6.45, 7) is 3.59. The van der Waals surface area contributed by atoms with Crippen molar-refractivity contribution in [3.8, 4) is 0 Å². The monoisotopic (exact) mass is 281 g/mol. The summed E-state index contributed by atoms with van der Waals surface area (Å²) in [6.07, 6.45) is 1.17. The maximum absolute atomic E-state index is 11.2. The van der Waals surface area contributed by atoms with Crippen LogP contribution in [0.1, 0.15) is 19.5 Å². The minimum atomic E-state index is -0.457. The first-order valence-electron chi connectivity index (χ1n) is 5.90. The molecule has 7 heteroatoms. The fourth-order valence-electron chi connectivity index (χ4n) is 1.67. The molecule has 0 amide bonds. The van der Waals surface area contributed by atoms with Crippen molar-refractivity contribution in [3.63, 3.8) is 0 Å². The molecule has 0 radical (unpaired) electrons. The van der Waals surface area contributed by atoms with Crippen molar-refractivity contribution in [1.82, 2.24) is 9.38 Å². The van der Waals surface area contributed by atoms with Crippen LogP contribution in [0.25, 0.3) is 5.65 Å². The molecule has 2 rings (SSSR count). The lowest BCUT2D eigenvalue weighted by Crippen LogP contribution is -2.15. The molecule has 0 bridgehead atoms. The lowest BCUT2D eigenvalue weighted by Gasteiger charge is -2.12. The first-order valence-corrected chi connectivity index (χ1v) is 6.95. The van der Waals surface area contributed by atoms with Crippen molar-refractivity contribution < 1.29 is 10.0 Å². The summed E-state index contributed by atoms with van der Waals surface area (Å²) in [5, 5.41) is 20.6. The van der Waals surface area contributed by atoms with Gasteiger partial charge < -0.3 is 15.2 Å². The largest absolute Gasteiger partial charge is 0.392 e. The van der Waals surface area contributed by atoms with Gasteiger partial charge in [0.15, 0.2) is 0 Å². The molecule has 0 aromatic carbocycles. The molecule has 0 spiro atoms. The molecule has 2 aromatic rings. The molecule has 2 unspecified atom stereocenters. The number of hydrogen-bond acceptors (Lipinski definition) is 5. The Balaban J connectivity index is 2.32. The molecule has 1 N–H and O–H groups in total. The third-order valence-corrected chi connectivity index (χ3v) is 4.27. The maximum Gasteiger partial charge on any atom is 0.351 e. The molecule has 2 atom stereocenters. The molecular weight excluding hydrogens is 266 g/mol. The average Bonchev–Trinajstić information content (AvgIpc) is 2.73. The number of aliphatic hydroxyl groups is 1. The molecule has 0 saturated heterocycles. The topological polar surface area (TPSA) is 80.7 Å². The normalized spacial score (nSPS) is 14.5. The SMILES string of the molecule is CC(O)C(C)SCc1nc2ccccn2c1[N+](=O)[O-]. The Kier molecular flexibility index (Phi) is 4.06. The molecule has 102 valence electrons. The third kappa shape index (κ3) is 2.87. The molecule has 2 aromatic heterocycles. The number of thioether (sulfide) groups is 1. The van der Waals surface area contributed by atoms with Gasteiger partial charge in [0.2, 0.25) is 5.65 Å². The van der Waals surface area contributed by atoms with E-state index in [1.165, 1.54) is 16.2 Å². The van der Waals surface area contributed by atoms with E-state index in [0.29, 0.717) is 17.1 Å². The number of pyridine rings is 1. The van der Waals surface area contributed by atoms with Gasteiger partial charge in [0.05, 0.1) is 12.3 Å². The molecule has 0 aliphatic rings. The van der Waals surface area contributed by atoms with Gasteiger partial charge >= 0.3 is 5.82 Å². The number of aromatic nitrogens is 2. The van der Waals surface area contributed by atoms with E-state index in [4.69, 9.17) is 0 Å². The van der Waals surface area contributed by atoms with Crippen LogP contribution < -0.4 is 0 Å². The first kappa shape index (κ1) is 13.8. The summed E-state index contributed by atoms with van der Waals surface area (Å²) < 4.78 is 1.48. The number of imidazole rings is 1. The molecule has 0 saturated carbocycles. The first-order chi connectivity index (χ1) is 9.00. The van der Waals surface area contributed by atoms with E-state index in [1.807, 2.05) is 6.92 Å². The zero-order valence-electron chi connectivity index (χ0n) is 10.7. The predicted octanol–water partition coefficient (Wildman–Crippen LogP) is 2.25. The molecule has 6 nitrogen and oxygen atoms in total. The summed E-state index contributed by atoms with van der Waals surface area (Å²) in [7, 11) is 0. The van der Waals surface area contributed by atoms with Crippen LogP contribution in [0.4, 0.5) is 5.82 Å². The van der Waals surface area contributed by atoms with Gasteiger partial charge in [0.25, 0.3) is 0 Å². The van der Waals surface area contributed by atoms with Crippen molar-refractivity contribution in [2.24, 2.45) is 0 Å². The van der Waals surface area contributed by atoms with Crippen LogP contribution in [0.2, 0.25) is 0 Å². The highest BCUT2D eigenvalue weighted by atomic mass is 32.2. The second kappa shape index (κ2) is 5.58. The lowest BCUT2D eigenvalue weighted by atomic mass is 10.3. The summed E-state index contributed by atoms with van der Waals surface area (Å²) in [4.78, 5) is 15.0. The van der Waals surface area contributed by atoms with E-state index in [9.17, 15) is 15.2 Å². The van der Waals surface area contributed by atoms with Gasteiger partial charge in [0, 0.05) is 17.1 Å². The van der Waals surface area contributed by atoms with Gasteiger partial charge in [0.1, 0.15) is 5.69 Å². The van der Waals surface area contributed by atoms with E-state index in [1.54, 1.807) is 31.3 Å². The molecule has 0 fully saturated rings. The third-order valence-electron chi connectivity index (χ3n) is 2.91. The summed E-state index contributed by atoms with van der Waals surface area (Å²) in [6, 6.07) is 5.26. The van der Waals surface area contributed by atoms with Gasteiger partial charge in [-0.2, -0.15) is 4.40 Å². The van der Waals surface area contributed by atoms with Crippen LogP contribution in [0.5, 0.6) is 0 Å². The van der Waals surface area contributed by atoms with Crippen LogP contribution in [0.15, 0.2) is 24.4 Å². The minimum absolute atomic E-state index is 0.000827. The molecule has 0 aliphatic carbocycles. The summed E-state index contributed by atoms with van der Waals surface area (Å²) >= 11 is 1.45. The van der Waals surface area contributed by atoms with Crippen molar-refractivity contribution in [2.75, 3.05) is 0 Å². The maximum atomic E-state index is 11.2. The van der Waals surface area contributed by atoms with Crippen LogP contribution in [-0.2, 0) is 5.75 Å². The zero-order valence-corrected chi connectivity index (χ0v) is 11.5. The van der Waals surface area contributed by atoms with Crippen molar-refractivity contribution >= 4 is 23.2 Å². The van der Waals surface area contributed by atoms with Gasteiger partial charge in [-0.3, -0.25) is 0 Å². The Morgan fingerprint density at radius 1 is 1.53 bits per heavy atom. The fourth-order valence-corrected chi connectivity index (χ4v) is 2.56. The Hall–Kier alpha value is -1.60. The van der Waals surface area contributed by atoms with Crippen molar-refractivity contribution in [3.05, 3.63) is 40.2 Å². The molecule has 0 aliphatic heterocycles. The Labute approximate surface area is 114 Å². The fraction of sp³-hybridized carbons (Fsp3) is 0.417. The van der Waals surface area contributed by atoms with Crippen molar-refractivity contribution in [2.45, 2.75) is 31.0 Å². The van der Waals surface area contributed by atoms with Crippen LogP contribution in [0.3, 0.4) is 0 Å². The van der Waals surface area contributed by atoms with Gasteiger partial charge in [-0.15, -0.1) is 11.8 Å². The van der Waals surface area contributed by atoms with Crippen LogP contribution >= 0.6 is 11.8 Å². The van der Waals surface area contributed by atoms with E-state index in [-0.39, 0.29) is 11.1 Å². The molecular formula is C12H15N3O3S. The number of aliphatic hydroxyl groups excluding tert-OH is 1. The average molecular weight is 281 g/mol. The lowest BCUT2D eigenvalue weighted by molar-refractivity contribution is -0.391. The van der Waals surface area contributed by atoms with E-state index < -0.39 is 11.0 Å². The van der Waals surface area contributed by atoms with E-state index in [2.05, 4.69) is 4.98 Å². The number of nitrogens with zero attached hydrogens (tertiary/aromatic N) is 3. The molecule has 19 heavy (non-hydrogen) atoms. The number of rotatable bonds is 5. The highest BCUT2D eigenvalue weighted by Gasteiger charge is 2.23. The van der Waals surface area contributed by atoms with Gasteiger partial charge in [-0.1, -0.05) is 13.0 Å². The van der Waals surface area contributed by atoms with Crippen LogP contribution in [-0.4, -0.2) is 30.8 Å². The second-order valence-corrected chi connectivity index (χ2v) is 5.69. The zero-order chi connectivity index (χ0) is 14.0. The smallest absolute Gasteiger partial charge is 0.351 e. The standard InChI is InChI=1S/C12H15N3O3S/c1-8(16)9(2)19-7-10-12(15(17)18)14-6-4-3-5-11(14)13-10/h3-6,8-9,16H,7H2,1-2H3. The minimum Gasteiger partial charge on any atom is -0.392 e. The van der Waals surface area contributed by atoms with E-state index in [0.717, 1.165) is 0 Å². The second-order valence-electron chi connectivity index (χ2n) is 4.32. The Morgan fingerprint density at radius 2 is 2.26 bits per heavy atom. The quantitative estimate of drug-likeness (QED) is 0.671. The summed E-state index contributed by atoms with van der Waals surface area (Å²) in [5.74, 6) is 0.408. The summed E-state index contributed by atoms with van der Waals surface area (Å²) in [5.41, 5.74) is 1.00. The predicted molar refractivity (Wildman–Crippen MR) is 74.3 cm³/mol. The number of hydrogen-bond donors (Lipinski definition) is 1. The van der Waals surface area contributed by atoms with Crippen molar-refractivity contribution in [1.29, 1.82) is 0 Å². The molecule has 2 heterocycles. The highest BCUT2D eigenvalue weighted by Crippen LogP contribution is 2.27. The van der Waals surface area contributed by atoms with Gasteiger partial charge in [-0.25, -0.2) is 4.98 Å². The highest BCUT2D eigenvalue weighted by molar-refractivity contribution is 7.99. The van der Waals surface area contributed by atoms with Gasteiger partial charge in [-0.05, 0) is 17.9 Å². The Morgan fingerprint density at radius 3 is 2.89 bits per heavy atom. The Bertz CT molecular complexity index is 597. The van der Waals surface area contributed by atoms with E-state index >= 15 is 0 Å².